The maximum Gasteiger partial charge on any atom is 0.417 e. The van der Waals surface area contributed by atoms with E-state index in [-0.39, 0.29) is 16.9 Å². The van der Waals surface area contributed by atoms with Crippen LogP contribution in [0.15, 0.2) is 24.4 Å². The van der Waals surface area contributed by atoms with E-state index in [4.69, 9.17) is 14.6 Å². The number of fused-ring (bicyclic) bond motifs is 1. The summed E-state index contributed by atoms with van der Waals surface area (Å²) in [5, 5.41) is 19.2. The Morgan fingerprint density at radius 1 is 1.33 bits per heavy atom. The number of rotatable bonds is 6. The zero-order valence-corrected chi connectivity index (χ0v) is 19.3. The minimum Gasteiger partial charge on any atom is -0.488 e. The molecule has 0 radical (unpaired) electrons. The molecule has 3 aromatic rings. The van der Waals surface area contributed by atoms with Gasteiger partial charge in [-0.3, -0.25) is 4.79 Å². The molecule has 1 amide bonds. The van der Waals surface area contributed by atoms with Gasteiger partial charge in [-0.1, -0.05) is 18.2 Å². The Labute approximate surface area is 201 Å². The summed E-state index contributed by atoms with van der Waals surface area (Å²) in [5.41, 5.74) is -2.13. The second kappa shape index (κ2) is 9.24. The number of pyridine rings is 1. The van der Waals surface area contributed by atoms with Crippen molar-refractivity contribution < 1.29 is 41.3 Å². The van der Waals surface area contributed by atoms with Crippen LogP contribution in [-0.4, -0.2) is 62.1 Å². The van der Waals surface area contributed by atoms with E-state index in [2.05, 4.69) is 20.6 Å². The third kappa shape index (κ3) is 4.23. The number of nitrogens with one attached hydrogen (secondary N) is 1. The maximum atomic E-state index is 14.7. The van der Waals surface area contributed by atoms with E-state index < -0.39 is 66.2 Å². The fourth-order valence-electron chi connectivity index (χ4n) is 4.33. The Morgan fingerprint density at radius 2 is 2.06 bits per heavy atom. The van der Waals surface area contributed by atoms with E-state index >= 15 is 0 Å². The lowest BCUT2D eigenvalue weighted by Gasteiger charge is -2.32. The number of anilines is 1. The minimum atomic E-state index is -4.90. The Bertz CT molecular complexity index is 1300. The highest BCUT2D eigenvalue weighted by molar-refractivity contribution is 5.96. The molecule has 1 aliphatic heterocycles. The van der Waals surface area contributed by atoms with Gasteiger partial charge in [0.25, 0.3) is 5.91 Å². The molecular weight excluding hydrogens is 493 g/mol. The normalized spacial score (nSPS) is 24.3. The first-order valence-corrected chi connectivity index (χ1v) is 10.8. The van der Waals surface area contributed by atoms with Crippen molar-refractivity contribution >= 4 is 22.8 Å². The largest absolute Gasteiger partial charge is 0.488 e. The molecule has 1 fully saturated rings. The van der Waals surface area contributed by atoms with E-state index in [1.807, 2.05) is 0 Å². The van der Waals surface area contributed by atoms with Crippen molar-refractivity contribution in [1.82, 2.24) is 20.0 Å². The van der Waals surface area contributed by atoms with Crippen molar-refractivity contribution in [3.8, 4) is 5.75 Å². The van der Waals surface area contributed by atoms with Crippen molar-refractivity contribution in [2.45, 2.75) is 37.6 Å². The predicted octanol–water partition coefficient (Wildman–Crippen LogP) is 3.09. The van der Waals surface area contributed by atoms with Gasteiger partial charge in [0.2, 0.25) is 11.5 Å². The molecule has 3 heterocycles. The fraction of sp³-hybridized carbons (Fsp3) is 0.455. The predicted molar refractivity (Wildman–Crippen MR) is 115 cm³/mol. The molecule has 1 saturated heterocycles. The van der Waals surface area contributed by atoms with Crippen molar-refractivity contribution in [2.75, 3.05) is 18.5 Å². The van der Waals surface area contributed by atoms with Gasteiger partial charge in [0.15, 0.2) is 17.2 Å². The smallest absolute Gasteiger partial charge is 0.417 e. The molecule has 194 valence electrons. The number of amides is 1. The van der Waals surface area contributed by atoms with Crippen LogP contribution in [0, 0.1) is 17.6 Å². The van der Waals surface area contributed by atoms with E-state index in [1.165, 1.54) is 23.9 Å². The topological polar surface area (TPSA) is 111 Å². The third-order valence-corrected chi connectivity index (χ3v) is 6.44. The first kappa shape index (κ1) is 25.7. The van der Waals surface area contributed by atoms with Crippen LogP contribution in [0.25, 0.3) is 11.2 Å². The molecule has 0 aliphatic carbocycles. The quantitative estimate of drug-likeness (QED) is 0.486. The summed E-state index contributed by atoms with van der Waals surface area (Å²) >= 11 is 0. The van der Waals surface area contributed by atoms with Crippen LogP contribution in [0.1, 0.15) is 25.3 Å². The van der Waals surface area contributed by atoms with Gasteiger partial charge in [0.1, 0.15) is 18.2 Å². The summed E-state index contributed by atoms with van der Waals surface area (Å²) in [6.45, 7) is 0.986. The molecule has 2 N–H and O–H groups in total. The molecule has 1 aliphatic rings. The number of aliphatic hydroxyl groups is 1. The number of halogens is 5. The number of carbonyl (C=O) groups excluding carboxylic acids is 1. The lowest BCUT2D eigenvalue weighted by Crippen LogP contribution is -2.47. The number of nitrogens with zero attached hydrogens (tertiary/aromatic N) is 4. The Kier molecular flexibility index (Phi) is 6.60. The molecule has 0 bridgehead atoms. The van der Waals surface area contributed by atoms with Crippen LogP contribution in [0.3, 0.4) is 0 Å². The van der Waals surface area contributed by atoms with Crippen LogP contribution < -0.4 is 10.1 Å². The number of benzene rings is 1. The van der Waals surface area contributed by atoms with E-state index in [1.54, 1.807) is 7.05 Å². The summed E-state index contributed by atoms with van der Waals surface area (Å²) in [4.78, 5) is 17.3. The van der Waals surface area contributed by atoms with Crippen LogP contribution >= 0.6 is 0 Å². The number of aromatic nitrogens is 4. The van der Waals surface area contributed by atoms with E-state index in [0.29, 0.717) is 5.52 Å². The average molecular weight is 515 g/mol. The summed E-state index contributed by atoms with van der Waals surface area (Å²) in [7, 11) is 1.59. The van der Waals surface area contributed by atoms with Gasteiger partial charge in [-0.15, -0.1) is 5.10 Å². The number of ether oxygens (including phenoxy) is 2. The maximum absolute atomic E-state index is 14.7. The monoisotopic (exact) mass is 515 g/mol. The minimum absolute atomic E-state index is 0.135. The lowest BCUT2D eigenvalue weighted by atomic mass is 9.77. The van der Waals surface area contributed by atoms with E-state index in [0.717, 1.165) is 19.1 Å². The molecule has 9 nitrogen and oxygen atoms in total. The van der Waals surface area contributed by atoms with Crippen molar-refractivity contribution in [3.63, 3.8) is 0 Å². The molecule has 2 aromatic heterocycles. The third-order valence-electron chi connectivity index (χ3n) is 6.44. The van der Waals surface area contributed by atoms with Crippen molar-refractivity contribution in [1.29, 1.82) is 0 Å². The molecule has 4 rings (SSSR count). The van der Waals surface area contributed by atoms with Crippen LogP contribution in [0.5, 0.6) is 5.75 Å². The molecule has 36 heavy (non-hydrogen) atoms. The number of carbonyl (C=O) groups is 1. The summed E-state index contributed by atoms with van der Waals surface area (Å²) in [6, 6.07) is 3.26. The second-order valence-corrected chi connectivity index (χ2v) is 8.58. The van der Waals surface area contributed by atoms with Crippen molar-refractivity contribution in [2.24, 2.45) is 13.0 Å². The van der Waals surface area contributed by atoms with Gasteiger partial charge in [-0.05, 0) is 19.1 Å². The van der Waals surface area contributed by atoms with Gasteiger partial charge >= 0.3 is 6.18 Å². The Balaban J connectivity index is 1.77. The molecule has 0 unspecified atom stereocenters. The second-order valence-electron chi connectivity index (χ2n) is 8.58. The SMILES string of the molecule is C[C@H]1[C@@H](c2ccc(F)c(F)c2OCCO)[C@H](C(=O)Nc2cnc3nnn(C)c3c2)O[C@@]1(C)C(F)(F)F. The number of aliphatic hydroxyl groups excluding tert-OH is 1. The van der Waals surface area contributed by atoms with Crippen LogP contribution in [0.2, 0.25) is 0 Å². The van der Waals surface area contributed by atoms with Gasteiger partial charge in [0.05, 0.1) is 18.5 Å². The standard InChI is InChI=1S/C22H22F5N5O4/c1-10-15(12-4-5-13(23)16(24)17(12)35-7-6-33)18(36-21(10,2)22(25,26)27)20(34)29-11-8-14-19(28-9-11)30-31-32(14)3/h4-5,8-10,15,18,33H,6-7H2,1-3H3,(H,29,34)/t10-,15-,18+,21+/m0/s1. The molecular formula is C22H22F5N5O4. The average Bonchev–Trinajstić information content (AvgIpc) is 3.32. The molecule has 0 saturated carbocycles. The highest BCUT2D eigenvalue weighted by Gasteiger charge is 2.66. The lowest BCUT2D eigenvalue weighted by molar-refractivity contribution is -0.272. The highest BCUT2D eigenvalue weighted by atomic mass is 19.4. The summed E-state index contributed by atoms with van der Waals surface area (Å²) in [5.74, 6) is -7.23. The number of hydrogen-bond acceptors (Lipinski definition) is 7. The first-order chi connectivity index (χ1) is 16.9. The zero-order chi connectivity index (χ0) is 26.4. The van der Waals surface area contributed by atoms with Gasteiger partial charge < -0.3 is 19.9 Å². The molecule has 1 aromatic carbocycles. The van der Waals surface area contributed by atoms with Gasteiger partial charge in [-0.2, -0.15) is 17.6 Å². The number of hydrogen-bond donors (Lipinski definition) is 2. The zero-order valence-electron chi connectivity index (χ0n) is 19.3. The number of alkyl halides is 3. The number of aryl methyl sites for hydroxylation is 1. The van der Waals surface area contributed by atoms with Crippen molar-refractivity contribution in [3.05, 3.63) is 41.6 Å². The summed E-state index contributed by atoms with van der Waals surface area (Å²) in [6.07, 6.45) is -5.42. The fourth-order valence-corrected chi connectivity index (χ4v) is 4.33. The molecule has 14 heteroatoms. The molecule has 4 atom stereocenters. The highest BCUT2D eigenvalue weighted by Crippen LogP contribution is 2.55. The van der Waals surface area contributed by atoms with E-state index in [9.17, 15) is 26.7 Å². The Hall–Kier alpha value is -3.39. The summed E-state index contributed by atoms with van der Waals surface area (Å²) < 4.78 is 82.8. The van der Waals surface area contributed by atoms with Crippen LogP contribution in [-0.2, 0) is 16.6 Å². The first-order valence-electron chi connectivity index (χ1n) is 10.8. The Morgan fingerprint density at radius 3 is 2.72 bits per heavy atom. The molecule has 0 spiro atoms. The van der Waals surface area contributed by atoms with Gasteiger partial charge in [0, 0.05) is 24.4 Å². The van der Waals surface area contributed by atoms with Gasteiger partial charge in [-0.25, -0.2) is 14.1 Å². The van der Waals surface area contributed by atoms with Crippen LogP contribution in [0.4, 0.5) is 27.6 Å².